The largest absolute Gasteiger partial charge is 0.329 e. The van der Waals surface area contributed by atoms with E-state index in [9.17, 15) is 19.2 Å². The van der Waals surface area contributed by atoms with Gasteiger partial charge in [-0.05, 0) is 19.8 Å². The van der Waals surface area contributed by atoms with Crippen LogP contribution in [0.3, 0.4) is 0 Å². The fourth-order valence-electron chi connectivity index (χ4n) is 7.66. The van der Waals surface area contributed by atoms with Crippen LogP contribution in [0.2, 0.25) is 0 Å². The van der Waals surface area contributed by atoms with Gasteiger partial charge in [0.15, 0.2) is 0 Å². The molecule has 8 nitrogen and oxygen atoms in total. The van der Waals surface area contributed by atoms with E-state index in [1.165, 1.54) is 9.80 Å². The maximum Gasteiger partial charge on any atom is 0.234 e. The quantitative estimate of drug-likeness (QED) is 0.240. The molecule has 4 amide bonds. The second-order valence-electron chi connectivity index (χ2n) is 12.0. The van der Waals surface area contributed by atoms with Gasteiger partial charge in [-0.25, -0.2) is 0 Å². The molecular weight excluding hydrogens is 516 g/mol. The summed E-state index contributed by atoms with van der Waals surface area (Å²) >= 11 is 0. The van der Waals surface area contributed by atoms with Crippen molar-refractivity contribution in [3.8, 4) is 0 Å². The van der Waals surface area contributed by atoms with Crippen LogP contribution in [0, 0.1) is 53.3 Å². The Morgan fingerprint density at radius 3 is 1.56 bits per heavy atom. The van der Waals surface area contributed by atoms with Gasteiger partial charge in [0.1, 0.15) is 0 Å². The van der Waals surface area contributed by atoms with E-state index in [0.717, 1.165) is 16.7 Å². The predicted molar refractivity (Wildman–Crippen MR) is 159 cm³/mol. The Balaban J connectivity index is 1.69. The predicted octanol–water partition coefficient (Wildman–Crippen LogP) is 3.00. The molecule has 2 heterocycles. The zero-order valence-corrected chi connectivity index (χ0v) is 24.7. The van der Waals surface area contributed by atoms with E-state index in [1.54, 1.807) is 12.2 Å². The third-order valence-electron chi connectivity index (χ3n) is 9.08. The average molecular weight is 561 g/mol. The number of nitrogens with zero attached hydrogens (tertiary/aromatic N) is 2. The molecule has 8 heteroatoms. The summed E-state index contributed by atoms with van der Waals surface area (Å²) in [5.74, 6) is -3.40. The number of carbonyl (C=O) groups is 4. The number of likely N-dealkylation sites (tertiary alicyclic amines) is 2. The number of allylic oxidation sites excluding steroid dienone is 10. The van der Waals surface area contributed by atoms with Crippen molar-refractivity contribution in [2.75, 3.05) is 26.2 Å². The molecule has 4 N–H and O–H groups in total. The molecule has 0 radical (unpaired) electrons. The molecule has 4 rings (SSSR count). The molecule has 2 saturated heterocycles. The molecule has 8 atom stereocenters. The first-order chi connectivity index (χ1) is 19.5. The van der Waals surface area contributed by atoms with Crippen LogP contribution in [-0.2, 0) is 19.2 Å². The topological polar surface area (TPSA) is 127 Å². The van der Waals surface area contributed by atoms with Gasteiger partial charge in [-0.3, -0.25) is 29.0 Å². The summed E-state index contributed by atoms with van der Waals surface area (Å²) in [5.41, 5.74) is 14.6. The van der Waals surface area contributed by atoms with Gasteiger partial charge in [0.2, 0.25) is 23.6 Å². The lowest BCUT2D eigenvalue weighted by Gasteiger charge is -2.22. The zero-order valence-electron chi connectivity index (χ0n) is 24.7. The van der Waals surface area contributed by atoms with Gasteiger partial charge in [0.25, 0.3) is 0 Å². The lowest BCUT2D eigenvalue weighted by Crippen LogP contribution is -2.37. The summed E-state index contributed by atoms with van der Waals surface area (Å²) in [5, 5.41) is 0. The van der Waals surface area contributed by atoms with E-state index in [-0.39, 0.29) is 79.4 Å². The minimum absolute atomic E-state index is 0.177. The Labute approximate surface area is 243 Å². The van der Waals surface area contributed by atoms with Crippen LogP contribution in [-0.4, -0.2) is 59.6 Å². The highest BCUT2D eigenvalue weighted by Gasteiger charge is 2.60. The molecule has 0 bridgehead atoms. The molecule has 2 aliphatic heterocycles. The lowest BCUT2D eigenvalue weighted by molar-refractivity contribution is -0.141. The van der Waals surface area contributed by atoms with Gasteiger partial charge < -0.3 is 11.5 Å². The second-order valence-corrected chi connectivity index (χ2v) is 12.0. The van der Waals surface area contributed by atoms with Crippen molar-refractivity contribution < 1.29 is 19.2 Å². The van der Waals surface area contributed by atoms with Crippen molar-refractivity contribution in [2.24, 2.45) is 64.7 Å². The third-order valence-corrected chi connectivity index (χ3v) is 9.08. The normalized spacial score (nSPS) is 34.3. The monoisotopic (exact) mass is 560 g/mol. The molecule has 0 aromatic heterocycles. The first kappa shape index (κ1) is 30.6. The van der Waals surface area contributed by atoms with Gasteiger partial charge >= 0.3 is 0 Å². The van der Waals surface area contributed by atoms with E-state index in [2.05, 4.69) is 33.1 Å². The highest BCUT2D eigenvalue weighted by molar-refractivity contribution is 6.07. The van der Waals surface area contributed by atoms with Crippen LogP contribution in [0.25, 0.3) is 0 Å². The van der Waals surface area contributed by atoms with E-state index in [4.69, 9.17) is 11.5 Å². The maximum atomic E-state index is 13.4. The molecule has 4 fully saturated rings. The molecule has 220 valence electrons. The van der Waals surface area contributed by atoms with Crippen LogP contribution >= 0.6 is 0 Å². The second kappa shape index (κ2) is 12.2. The molecule has 4 aliphatic rings. The van der Waals surface area contributed by atoms with Crippen molar-refractivity contribution in [3.05, 3.63) is 72.4 Å². The highest BCUT2D eigenvalue weighted by Crippen LogP contribution is 2.54. The fraction of sp³-hybridized carbons (Fsp3) is 0.515. The van der Waals surface area contributed by atoms with E-state index in [1.807, 2.05) is 38.2 Å². The number of imide groups is 2. The summed E-state index contributed by atoms with van der Waals surface area (Å²) in [6.45, 7) is 17.0. The molecular formula is C33H44N4O4. The summed E-state index contributed by atoms with van der Waals surface area (Å²) in [4.78, 5) is 56.0. The standard InChI is InChI=1S/C33H44N4O4/c1-7-20-24(17-18(3)4)22(28-26(20)30(38)36(15-13-34)32(28)40)11-9-10-12-23-25(19(5)6)21(8-2)27-29(23)33(41)37(16-14-35)31(27)39/h7-12,17-18,20-23,26-29H,1-2,13-16,34-35H2,3-6H3/b11-9+,12-10-,24-17+. The average Bonchev–Trinajstić information content (AvgIpc) is 3.57. The number of rotatable bonds is 10. The molecule has 2 saturated carbocycles. The number of hydrogen-bond donors (Lipinski definition) is 2. The Bertz CT molecular complexity index is 1250. The molecule has 8 unspecified atom stereocenters. The smallest absolute Gasteiger partial charge is 0.234 e. The van der Waals surface area contributed by atoms with E-state index in [0.29, 0.717) is 0 Å². The van der Waals surface area contributed by atoms with Crippen molar-refractivity contribution in [3.63, 3.8) is 0 Å². The zero-order chi connectivity index (χ0) is 30.2. The van der Waals surface area contributed by atoms with Gasteiger partial charge in [-0.2, -0.15) is 0 Å². The van der Waals surface area contributed by atoms with Gasteiger partial charge in [-0.1, -0.05) is 73.1 Å². The van der Waals surface area contributed by atoms with Crippen molar-refractivity contribution in [2.45, 2.75) is 27.7 Å². The van der Waals surface area contributed by atoms with E-state index >= 15 is 0 Å². The molecule has 0 aromatic carbocycles. The number of carbonyl (C=O) groups excluding carboxylic acids is 4. The summed E-state index contributed by atoms with van der Waals surface area (Å²) < 4.78 is 0. The Hall–Kier alpha value is -3.36. The minimum atomic E-state index is -0.500. The van der Waals surface area contributed by atoms with Crippen molar-refractivity contribution in [1.29, 1.82) is 0 Å². The molecule has 0 spiro atoms. The van der Waals surface area contributed by atoms with E-state index < -0.39 is 23.7 Å². The highest BCUT2D eigenvalue weighted by atomic mass is 16.2. The summed E-state index contributed by atoms with van der Waals surface area (Å²) in [6, 6.07) is 0. The van der Waals surface area contributed by atoms with Crippen molar-refractivity contribution in [1.82, 2.24) is 9.80 Å². The van der Waals surface area contributed by atoms with Crippen LogP contribution in [0.5, 0.6) is 0 Å². The van der Waals surface area contributed by atoms with Crippen LogP contribution in [0.4, 0.5) is 0 Å². The van der Waals surface area contributed by atoms with Gasteiger partial charge in [0.05, 0.1) is 23.7 Å². The maximum absolute atomic E-state index is 13.4. The molecule has 2 aliphatic carbocycles. The fourth-order valence-corrected chi connectivity index (χ4v) is 7.66. The Kier molecular flexibility index (Phi) is 9.14. The first-order valence-corrected chi connectivity index (χ1v) is 14.6. The van der Waals surface area contributed by atoms with Crippen LogP contribution in [0.15, 0.2) is 72.4 Å². The SMILES string of the molecule is C=CC1C(=C(C)C)C(/C=C\C=C\C2/C(=C/C(C)C)C(C=C)C3C(=O)N(CCN)C(=O)C23)C2C(=O)N(CCN)C(=O)C12. The number of hydrogen-bond acceptors (Lipinski definition) is 6. The molecule has 41 heavy (non-hydrogen) atoms. The first-order valence-electron chi connectivity index (χ1n) is 14.6. The van der Waals surface area contributed by atoms with Gasteiger partial charge in [0, 0.05) is 49.9 Å². The minimum Gasteiger partial charge on any atom is -0.329 e. The van der Waals surface area contributed by atoms with Crippen LogP contribution < -0.4 is 11.5 Å². The Morgan fingerprint density at radius 2 is 1.15 bits per heavy atom. The number of amides is 4. The lowest BCUT2D eigenvalue weighted by atomic mass is 9.87. The summed E-state index contributed by atoms with van der Waals surface area (Å²) in [7, 11) is 0. The summed E-state index contributed by atoms with van der Waals surface area (Å²) in [6.07, 6.45) is 13.5. The van der Waals surface area contributed by atoms with Crippen molar-refractivity contribution >= 4 is 23.6 Å². The molecule has 0 aromatic rings. The number of nitrogens with two attached hydrogens (primary N) is 2. The number of fused-ring (bicyclic) bond motifs is 2. The van der Waals surface area contributed by atoms with Crippen LogP contribution in [0.1, 0.15) is 27.7 Å². The third kappa shape index (κ3) is 5.01. The Morgan fingerprint density at radius 1 is 0.732 bits per heavy atom. The van der Waals surface area contributed by atoms with Gasteiger partial charge in [-0.15, -0.1) is 13.2 Å².